The fraction of sp³-hybridized carbons (Fsp3) is 0.562. The van der Waals surface area contributed by atoms with Crippen molar-refractivity contribution in [2.24, 2.45) is 5.92 Å². The third-order valence-corrected chi connectivity index (χ3v) is 3.91. The quantitative estimate of drug-likeness (QED) is 0.895. The lowest BCUT2D eigenvalue weighted by molar-refractivity contribution is -0.121. The molecule has 2 rings (SSSR count). The van der Waals surface area contributed by atoms with Gasteiger partial charge in [0.1, 0.15) is 6.04 Å². The van der Waals surface area contributed by atoms with Crippen molar-refractivity contribution in [2.75, 3.05) is 0 Å². The molecule has 20 heavy (non-hydrogen) atoms. The van der Waals surface area contributed by atoms with Gasteiger partial charge in [-0.05, 0) is 37.3 Å². The molecule has 0 spiro atoms. The van der Waals surface area contributed by atoms with E-state index in [4.69, 9.17) is 0 Å². The minimum Gasteiger partial charge on any atom is -0.340 e. The second-order valence-corrected chi connectivity index (χ2v) is 5.39. The van der Waals surface area contributed by atoms with E-state index in [9.17, 15) is 10.1 Å². The molecule has 1 saturated carbocycles. The number of carbonyl (C=O) groups excluding carboxylic acids is 1. The van der Waals surface area contributed by atoms with E-state index >= 15 is 0 Å². The predicted molar refractivity (Wildman–Crippen MR) is 76.7 cm³/mol. The number of amides is 1. The summed E-state index contributed by atoms with van der Waals surface area (Å²) in [6, 6.07) is 7.62. The van der Waals surface area contributed by atoms with Crippen molar-refractivity contribution in [1.29, 1.82) is 5.26 Å². The Morgan fingerprint density at radius 3 is 2.85 bits per heavy atom. The topological polar surface area (TPSA) is 65.8 Å². The average molecular weight is 271 g/mol. The molecule has 1 unspecified atom stereocenters. The third kappa shape index (κ3) is 4.34. The van der Waals surface area contributed by atoms with Gasteiger partial charge in [-0.15, -0.1) is 0 Å². The van der Waals surface area contributed by atoms with E-state index in [0.29, 0.717) is 18.8 Å². The second kappa shape index (κ2) is 7.64. The van der Waals surface area contributed by atoms with Crippen LogP contribution in [0.1, 0.15) is 44.2 Å². The molecular weight excluding hydrogens is 250 g/mol. The lowest BCUT2D eigenvalue weighted by Crippen LogP contribution is -2.40. The molecule has 0 saturated heterocycles. The van der Waals surface area contributed by atoms with Gasteiger partial charge in [0.15, 0.2) is 0 Å². The number of pyridine rings is 1. The number of nitrogens with zero attached hydrogens (tertiary/aromatic N) is 2. The fourth-order valence-electron chi connectivity index (χ4n) is 2.76. The molecule has 1 aliphatic carbocycles. The van der Waals surface area contributed by atoms with Gasteiger partial charge in [0, 0.05) is 18.3 Å². The van der Waals surface area contributed by atoms with Crippen LogP contribution < -0.4 is 5.32 Å². The van der Waals surface area contributed by atoms with Gasteiger partial charge in [-0.25, -0.2) is 0 Å². The summed E-state index contributed by atoms with van der Waals surface area (Å²) in [4.78, 5) is 16.1. The molecule has 0 aliphatic heterocycles. The van der Waals surface area contributed by atoms with Crippen molar-refractivity contribution < 1.29 is 4.79 Å². The van der Waals surface area contributed by atoms with Crippen molar-refractivity contribution in [3.63, 3.8) is 0 Å². The molecule has 1 fully saturated rings. The van der Waals surface area contributed by atoms with Gasteiger partial charge in [0.25, 0.3) is 0 Å². The number of aryl methyl sites for hydroxylation is 1. The molecule has 0 aromatic carbocycles. The van der Waals surface area contributed by atoms with Crippen LogP contribution in [-0.4, -0.2) is 16.9 Å². The molecule has 1 atom stereocenters. The monoisotopic (exact) mass is 271 g/mol. The van der Waals surface area contributed by atoms with E-state index in [-0.39, 0.29) is 11.9 Å². The molecule has 1 amide bonds. The number of hydrogen-bond acceptors (Lipinski definition) is 3. The Labute approximate surface area is 120 Å². The van der Waals surface area contributed by atoms with Crippen molar-refractivity contribution in [3.05, 3.63) is 30.1 Å². The van der Waals surface area contributed by atoms with Crippen LogP contribution in [0.25, 0.3) is 0 Å². The SMILES string of the molecule is N#CC(NC(=O)CCc1ccccn1)C1CCCCC1. The minimum absolute atomic E-state index is 0.0484. The lowest BCUT2D eigenvalue weighted by Gasteiger charge is -2.26. The van der Waals surface area contributed by atoms with E-state index in [1.807, 2.05) is 18.2 Å². The Kier molecular flexibility index (Phi) is 5.55. The molecule has 1 aromatic heterocycles. The van der Waals surface area contributed by atoms with Gasteiger partial charge in [0.05, 0.1) is 6.07 Å². The molecule has 0 radical (unpaired) electrons. The van der Waals surface area contributed by atoms with Gasteiger partial charge < -0.3 is 5.32 Å². The summed E-state index contributed by atoms with van der Waals surface area (Å²) in [5.74, 6) is 0.278. The van der Waals surface area contributed by atoms with Gasteiger partial charge in [0.2, 0.25) is 5.91 Å². The van der Waals surface area contributed by atoms with E-state index in [0.717, 1.165) is 18.5 Å². The molecular formula is C16H21N3O. The second-order valence-electron chi connectivity index (χ2n) is 5.39. The molecule has 1 aromatic rings. The van der Waals surface area contributed by atoms with Crippen LogP contribution in [0.2, 0.25) is 0 Å². The van der Waals surface area contributed by atoms with Crippen molar-refractivity contribution in [3.8, 4) is 6.07 Å². The number of carbonyl (C=O) groups is 1. The van der Waals surface area contributed by atoms with Crippen molar-refractivity contribution in [1.82, 2.24) is 10.3 Å². The molecule has 4 heteroatoms. The zero-order valence-electron chi connectivity index (χ0n) is 11.7. The number of hydrogen-bond donors (Lipinski definition) is 1. The zero-order chi connectivity index (χ0) is 14.2. The molecule has 1 N–H and O–H groups in total. The fourth-order valence-corrected chi connectivity index (χ4v) is 2.76. The zero-order valence-corrected chi connectivity index (χ0v) is 11.7. The first-order valence-corrected chi connectivity index (χ1v) is 7.38. The summed E-state index contributed by atoms with van der Waals surface area (Å²) in [6.07, 6.45) is 8.45. The highest BCUT2D eigenvalue weighted by Gasteiger charge is 2.24. The number of aromatic nitrogens is 1. The van der Waals surface area contributed by atoms with Crippen LogP contribution in [0.15, 0.2) is 24.4 Å². The largest absolute Gasteiger partial charge is 0.340 e. The Morgan fingerprint density at radius 2 is 2.20 bits per heavy atom. The Hall–Kier alpha value is -1.89. The van der Waals surface area contributed by atoms with Crippen molar-refractivity contribution >= 4 is 5.91 Å². The maximum Gasteiger partial charge on any atom is 0.221 e. The smallest absolute Gasteiger partial charge is 0.221 e. The summed E-state index contributed by atoms with van der Waals surface area (Å²) >= 11 is 0. The number of nitriles is 1. The van der Waals surface area contributed by atoms with E-state index in [1.54, 1.807) is 6.20 Å². The third-order valence-electron chi connectivity index (χ3n) is 3.91. The van der Waals surface area contributed by atoms with Crippen LogP contribution in [0, 0.1) is 17.2 Å². The number of rotatable bonds is 5. The van der Waals surface area contributed by atoms with Gasteiger partial charge in [-0.2, -0.15) is 5.26 Å². The van der Waals surface area contributed by atoms with Crippen LogP contribution in [0.4, 0.5) is 0 Å². The molecule has 1 heterocycles. The average Bonchev–Trinajstić information content (AvgIpc) is 2.52. The number of nitrogens with one attached hydrogen (secondary N) is 1. The summed E-state index contributed by atoms with van der Waals surface area (Å²) < 4.78 is 0. The summed E-state index contributed by atoms with van der Waals surface area (Å²) in [5, 5.41) is 12.1. The Morgan fingerprint density at radius 1 is 1.40 bits per heavy atom. The molecule has 4 nitrogen and oxygen atoms in total. The first-order chi connectivity index (χ1) is 9.79. The maximum atomic E-state index is 11.9. The minimum atomic E-state index is -0.327. The van der Waals surface area contributed by atoms with Crippen LogP contribution in [0.5, 0.6) is 0 Å². The standard InChI is InChI=1S/C16H21N3O/c17-12-15(13-6-2-1-3-7-13)19-16(20)10-9-14-8-4-5-11-18-14/h4-5,8,11,13,15H,1-3,6-7,9-10H2,(H,19,20). The van der Waals surface area contributed by atoms with Gasteiger partial charge >= 0.3 is 0 Å². The maximum absolute atomic E-state index is 11.9. The normalized spacial score (nSPS) is 17.1. The van der Waals surface area contributed by atoms with Gasteiger partial charge in [-0.3, -0.25) is 9.78 Å². The summed E-state index contributed by atoms with van der Waals surface area (Å²) in [5.41, 5.74) is 0.911. The predicted octanol–water partition coefficient (Wildman–Crippen LogP) is 2.60. The highest BCUT2D eigenvalue weighted by Crippen LogP contribution is 2.26. The molecule has 1 aliphatic rings. The summed E-state index contributed by atoms with van der Waals surface area (Å²) in [7, 11) is 0. The van der Waals surface area contributed by atoms with Crippen LogP contribution in [-0.2, 0) is 11.2 Å². The molecule has 0 bridgehead atoms. The first kappa shape index (κ1) is 14.5. The van der Waals surface area contributed by atoms with E-state index < -0.39 is 0 Å². The highest BCUT2D eigenvalue weighted by atomic mass is 16.1. The van der Waals surface area contributed by atoms with Gasteiger partial charge in [-0.1, -0.05) is 25.3 Å². The van der Waals surface area contributed by atoms with E-state index in [1.165, 1.54) is 19.3 Å². The highest BCUT2D eigenvalue weighted by molar-refractivity contribution is 5.76. The van der Waals surface area contributed by atoms with Crippen molar-refractivity contribution in [2.45, 2.75) is 51.0 Å². The summed E-state index contributed by atoms with van der Waals surface area (Å²) in [6.45, 7) is 0. The molecule has 106 valence electrons. The van der Waals surface area contributed by atoms with E-state index in [2.05, 4.69) is 16.4 Å². The first-order valence-electron chi connectivity index (χ1n) is 7.38. The Balaban J connectivity index is 1.79. The lowest BCUT2D eigenvalue weighted by atomic mass is 9.84. The Bertz CT molecular complexity index is 460. The van der Waals surface area contributed by atoms with Crippen LogP contribution in [0.3, 0.4) is 0 Å². The van der Waals surface area contributed by atoms with Crippen LogP contribution >= 0.6 is 0 Å².